The second kappa shape index (κ2) is 8.22. The standard InChI is InChI=1S/C18H19ClN2O2S/c1-12-4-6-13(7-5-12)20-17(22)11-21(2)18(23)15-10-14(24-3)8-9-16(15)19/h4-10H,11H2,1-3H3,(H,20,22). The zero-order chi connectivity index (χ0) is 17.7. The van der Waals surface area contributed by atoms with Crippen LogP contribution in [-0.2, 0) is 4.79 Å². The van der Waals surface area contributed by atoms with Crippen LogP contribution < -0.4 is 5.32 Å². The number of halogens is 1. The zero-order valence-corrected chi connectivity index (χ0v) is 15.4. The second-order valence-electron chi connectivity index (χ2n) is 5.42. The van der Waals surface area contributed by atoms with Crippen LogP contribution in [0.15, 0.2) is 47.4 Å². The van der Waals surface area contributed by atoms with Gasteiger partial charge < -0.3 is 10.2 Å². The number of nitrogens with zero attached hydrogens (tertiary/aromatic N) is 1. The summed E-state index contributed by atoms with van der Waals surface area (Å²) >= 11 is 7.64. The largest absolute Gasteiger partial charge is 0.332 e. The van der Waals surface area contributed by atoms with Crippen molar-refractivity contribution in [3.63, 3.8) is 0 Å². The summed E-state index contributed by atoms with van der Waals surface area (Å²) in [6.07, 6.45) is 1.93. The van der Waals surface area contributed by atoms with Crippen LogP contribution in [0.3, 0.4) is 0 Å². The minimum absolute atomic E-state index is 0.0491. The van der Waals surface area contributed by atoms with Gasteiger partial charge in [0.2, 0.25) is 5.91 Å². The molecule has 1 N–H and O–H groups in total. The number of aryl methyl sites for hydroxylation is 1. The van der Waals surface area contributed by atoms with Crippen molar-refractivity contribution in [2.75, 3.05) is 25.2 Å². The van der Waals surface area contributed by atoms with E-state index in [0.29, 0.717) is 16.3 Å². The number of likely N-dealkylation sites (N-methyl/N-ethyl adjacent to an activating group) is 1. The molecule has 0 aliphatic heterocycles. The number of hydrogen-bond donors (Lipinski definition) is 1. The number of anilines is 1. The van der Waals surface area contributed by atoms with Gasteiger partial charge in [0.15, 0.2) is 0 Å². The fourth-order valence-electron chi connectivity index (χ4n) is 2.13. The smallest absolute Gasteiger partial charge is 0.255 e. The molecule has 0 aromatic heterocycles. The van der Waals surface area contributed by atoms with E-state index in [0.717, 1.165) is 10.5 Å². The summed E-state index contributed by atoms with van der Waals surface area (Å²) in [5, 5.41) is 3.15. The van der Waals surface area contributed by atoms with Gasteiger partial charge in [-0.2, -0.15) is 0 Å². The molecule has 2 aromatic carbocycles. The van der Waals surface area contributed by atoms with Gasteiger partial charge in [-0.15, -0.1) is 11.8 Å². The lowest BCUT2D eigenvalue weighted by molar-refractivity contribution is -0.116. The van der Waals surface area contributed by atoms with Crippen molar-refractivity contribution in [3.8, 4) is 0 Å². The SMILES string of the molecule is CSc1ccc(Cl)c(C(=O)N(C)CC(=O)Nc2ccc(C)cc2)c1. The van der Waals surface area contributed by atoms with E-state index in [1.54, 1.807) is 19.2 Å². The van der Waals surface area contributed by atoms with Crippen molar-refractivity contribution >= 4 is 40.9 Å². The van der Waals surface area contributed by atoms with E-state index in [1.165, 1.54) is 16.7 Å². The first-order valence-corrected chi connectivity index (χ1v) is 8.96. The summed E-state index contributed by atoms with van der Waals surface area (Å²) < 4.78 is 0. The molecule has 0 unspecified atom stereocenters. The molecule has 4 nitrogen and oxygen atoms in total. The summed E-state index contributed by atoms with van der Waals surface area (Å²) in [5.74, 6) is -0.540. The van der Waals surface area contributed by atoms with E-state index in [1.807, 2.05) is 43.5 Å². The van der Waals surface area contributed by atoms with E-state index in [2.05, 4.69) is 5.32 Å². The van der Waals surface area contributed by atoms with Crippen LogP contribution in [-0.4, -0.2) is 36.6 Å². The van der Waals surface area contributed by atoms with Crippen molar-refractivity contribution in [3.05, 3.63) is 58.6 Å². The lowest BCUT2D eigenvalue weighted by Gasteiger charge is -2.18. The van der Waals surface area contributed by atoms with Gasteiger partial charge in [-0.25, -0.2) is 0 Å². The minimum Gasteiger partial charge on any atom is -0.332 e. The van der Waals surface area contributed by atoms with Gasteiger partial charge in [0, 0.05) is 17.6 Å². The fourth-order valence-corrected chi connectivity index (χ4v) is 2.76. The summed E-state index contributed by atoms with van der Waals surface area (Å²) in [5.41, 5.74) is 2.21. The Labute approximate surface area is 151 Å². The molecule has 0 saturated heterocycles. The molecular formula is C18H19ClN2O2S. The van der Waals surface area contributed by atoms with Gasteiger partial charge in [0.05, 0.1) is 17.1 Å². The normalized spacial score (nSPS) is 10.3. The third-order valence-electron chi connectivity index (χ3n) is 3.47. The minimum atomic E-state index is -0.282. The highest BCUT2D eigenvalue weighted by molar-refractivity contribution is 7.98. The fraction of sp³-hybridized carbons (Fsp3) is 0.222. The van der Waals surface area contributed by atoms with Crippen molar-refractivity contribution in [2.45, 2.75) is 11.8 Å². The van der Waals surface area contributed by atoms with Crippen LogP contribution >= 0.6 is 23.4 Å². The van der Waals surface area contributed by atoms with Crippen molar-refractivity contribution < 1.29 is 9.59 Å². The predicted molar refractivity (Wildman–Crippen MR) is 100 cm³/mol. The third kappa shape index (κ3) is 4.76. The summed E-state index contributed by atoms with van der Waals surface area (Å²) in [6.45, 7) is 1.93. The molecule has 2 aromatic rings. The van der Waals surface area contributed by atoms with Crippen LogP contribution in [0.25, 0.3) is 0 Å². The van der Waals surface area contributed by atoms with Gasteiger partial charge in [0.1, 0.15) is 0 Å². The number of amides is 2. The molecule has 2 rings (SSSR count). The molecule has 24 heavy (non-hydrogen) atoms. The Balaban J connectivity index is 2.03. The maximum absolute atomic E-state index is 12.5. The third-order valence-corrected chi connectivity index (χ3v) is 4.52. The van der Waals surface area contributed by atoms with Crippen molar-refractivity contribution in [2.24, 2.45) is 0 Å². The van der Waals surface area contributed by atoms with Crippen LogP contribution in [0.5, 0.6) is 0 Å². The Bertz CT molecular complexity index is 747. The first-order valence-electron chi connectivity index (χ1n) is 7.36. The van der Waals surface area contributed by atoms with Gasteiger partial charge in [-0.3, -0.25) is 9.59 Å². The van der Waals surface area contributed by atoms with Gasteiger partial charge in [-0.05, 0) is 43.5 Å². The highest BCUT2D eigenvalue weighted by atomic mass is 35.5. The Morgan fingerprint density at radius 1 is 1.17 bits per heavy atom. The Morgan fingerprint density at radius 3 is 2.46 bits per heavy atom. The number of carbonyl (C=O) groups excluding carboxylic acids is 2. The van der Waals surface area contributed by atoms with Gasteiger partial charge in [0.25, 0.3) is 5.91 Å². The monoisotopic (exact) mass is 362 g/mol. The molecular weight excluding hydrogens is 344 g/mol. The van der Waals surface area contributed by atoms with E-state index in [4.69, 9.17) is 11.6 Å². The number of hydrogen-bond acceptors (Lipinski definition) is 3. The lowest BCUT2D eigenvalue weighted by atomic mass is 10.2. The van der Waals surface area contributed by atoms with Crippen LogP contribution in [0.2, 0.25) is 5.02 Å². The van der Waals surface area contributed by atoms with Crippen LogP contribution in [0.4, 0.5) is 5.69 Å². The molecule has 0 aliphatic rings. The average molecular weight is 363 g/mol. The Kier molecular flexibility index (Phi) is 6.29. The number of carbonyl (C=O) groups is 2. The second-order valence-corrected chi connectivity index (χ2v) is 6.71. The summed E-state index contributed by atoms with van der Waals surface area (Å²) in [7, 11) is 1.58. The average Bonchev–Trinajstić information content (AvgIpc) is 2.56. The summed E-state index contributed by atoms with van der Waals surface area (Å²) in [6, 6.07) is 12.8. The number of rotatable bonds is 5. The molecule has 2 amide bonds. The molecule has 0 spiro atoms. The molecule has 0 radical (unpaired) electrons. The maximum atomic E-state index is 12.5. The molecule has 0 aliphatic carbocycles. The molecule has 0 atom stereocenters. The van der Waals surface area contributed by atoms with Crippen molar-refractivity contribution in [1.82, 2.24) is 4.90 Å². The lowest BCUT2D eigenvalue weighted by Crippen LogP contribution is -2.35. The molecule has 0 fully saturated rings. The van der Waals surface area contributed by atoms with E-state index in [9.17, 15) is 9.59 Å². The van der Waals surface area contributed by atoms with Crippen molar-refractivity contribution in [1.29, 1.82) is 0 Å². The highest BCUT2D eigenvalue weighted by Crippen LogP contribution is 2.24. The molecule has 126 valence electrons. The Hall–Kier alpha value is -1.98. The van der Waals surface area contributed by atoms with Crippen LogP contribution in [0, 0.1) is 6.92 Å². The quantitative estimate of drug-likeness (QED) is 0.815. The molecule has 0 bridgehead atoms. The predicted octanol–water partition coefficient (Wildman–Crippen LogP) is 4.08. The van der Waals surface area contributed by atoms with E-state index in [-0.39, 0.29) is 18.4 Å². The van der Waals surface area contributed by atoms with E-state index >= 15 is 0 Å². The van der Waals surface area contributed by atoms with Gasteiger partial charge in [-0.1, -0.05) is 29.3 Å². The topological polar surface area (TPSA) is 49.4 Å². The zero-order valence-electron chi connectivity index (χ0n) is 13.8. The number of benzene rings is 2. The molecule has 6 heteroatoms. The maximum Gasteiger partial charge on any atom is 0.255 e. The van der Waals surface area contributed by atoms with Crippen LogP contribution in [0.1, 0.15) is 15.9 Å². The highest BCUT2D eigenvalue weighted by Gasteiger charge is 2.18. The summed E-state index contributed by atoms with van der Waals surface area (Å²) in [4.78, 5) is 26.9. The van der Waals surface area contributed by atoms with E-state index < -0.39 is 0 Å². The number of thioether (sulfide) groups is 1. The molecule has 0 saturated carbocycles. The Morgan fingerprint density at radius 2 is 1.83 bits per heavy atom. The number of nitrogens with one attached hydrogen (secondary N) is 1. The van der Waals surface area contributed by atoms with Gasteiger partial charge >= 0.3 is 0 Å². The first-order chi connectivity index (χ1) is 11.4. The first kappa shape index (κ1) is 18.4. The molecule has 0 heterocycles.